The normalized spacial score (nSPS) is 34.7. The van der Waals surface area contributed by atoms with E-state index in [0.29, 0.717) is 24.9 Å². The molecule has 0 aromatic heterocycles. The standard InChI is InChI=1S/C10H18N2O4S/c1-7-5-9(7)6-11-3-4-12(17(11,15)16)8(2)10(13)14/h7-9H,3-6H2,1-2H3,(H,13,14). The molecule has 6 nitrogen and oxygen atoms in total. The first-order valence-corrected chi connectivity index (χ1v) is 7.23. The quantitative estimate of drug-likeness (QED) is 0.772. The molecule has 2 aliphatic rings. The minimum atomic E-state index is -3.56. The van der Waals surface area contributed by atoms with E-state index in [0.717, 1.165) is 10.7 Å². The molecule has 0 radical (unpaired) electrons. The Morgan fingerprint density at radius 3 is 2.53 bits per heavy atom. The Morgan fingerprint density at radius 1 is 1.47 bits per heavy atom. The largest absolute Gasteiger partial charge is 0.480 e. The summed E-state index contributed by atoms with van der Waals surface area (Å²) < 4.78 is 26.7. The van der Waals surface area contributed by atoms with Crippen LogP contribution in [0.4, 0.5) is 0 Å². The third-order valence-corrected chi connectivity index (χ3v) is 5.77. The first-order chi connectivity index (χ1) is 7.84. The van der Waals surface area contributed by atoms with Crippen molar-refractivity contribution in [3.63, 3.8) is 0 Å². The van der Waals surface area contributed by atoms with Gasteiger partial charge in [-0.2, -0.15) is 17.0 Å². The van der Waals surface area contributed by atoms with E-state index in [2.05, 4.69) is 6.92 Å². The van der Waals surface area contributed by atoms with E-state index in [1.54, 1.807) is 0 Å². The van der Waals surface area contributed by atoms with Crippen molar-refractivity contribution >= 4 is 16.2 Å². The van der Waals surface area contributed by atoms with Gasteiger partial charge in [0.15, 0.2) is 0 Å². The number of hydrogen-bond donors (Lipinski definition) is 1. The van der Waals surface area contributed by atoms with E-state index >= 15 is 0 Å². The summed E-state index contributed by atoms with van der Waals surface area (Å²) in [7, 11) is -3.56. The number of carboxylic acid groups (broad SMARTS) is 1. The van der Waals surface area contributed by atoms with Gasteiger partial charge in [0.25, 0.3) is 10.2 Å². The number of carbonyl (C=O) groups is 1. The molecule has 0 bridgehead atoms. The summed E-state index contributed by atoms with van der Waals surface area (Å²) in [5, 5.41) is 8.87. The summed E-state index contributed by atoms with van der Waals surface area (Å²) in [5.41, 5.74) is 0. The highest BCUT2D eigenvalue weighted by Gasteiger charge is 2.45. The second-order valence-corrected chi connectivity index (χ2v) is 6.84. The van der Waals surface area contributed by atoms with Crippen LogP contribution in [-0.4, -0.2) is 53.8 Å². The van der Waals surface area contributed by atoms with Crippen LogP contribution in [-0.2, 0) is 15.0 Å². The predicted molar refractivity (Wildman–Crippen MR) is 61.6 cm³/mol. The van der Waals surface area contributed by atoms with Crippen molar-refractivity contribution in [3.05, 3.63) is 0 Å². The molecule has 0 aromatic rings. The molecule has 0 aromatic carbocycles. The molecular weight excluding hydrogens is 244 g/mol. The number of carboxylic acids is 1. The van der Waals surface area contributed by atoms with Gasteiger partial charge >= 0.3 is 5.97 Å². The smallest absolute Gasteiger partial charge is 0.321 e. The topological polar surface area (TPSA) is 77.9 Å². The highest BCUT2D eigenvalue weighted by atomic mass is 32.2. The van der Waals surface area contributed by atoms with E-state index in [1.807, 2.05) is 0 Å². The molecule has 1 saturated carbocycles. The van der Waals surface area contributed by atoms with Crippen molar-refractivity contribution in [2.24, 2.45) is 11.8 Å². The minimum Gasteiger partial charge on any atom is -0.480 e. The van der Waals surface area contributed by atoms with Crippen LogP contribution in [0.3, 0.4) is 0 Å². The van der Waals surface area contributed by atoms with Crippen LogP contribution in [0.25, 0.3) is 0 Å². The maximum Gasteiger partial charge on any atom is 0.321 e. The molecular formula is C10H18N2O4S. The summed E-state index contributed by atoms with van der Waals surface area (Å²) in [6.45, 7) is 4.72. The van der Waals surface area contributed by atoms with Gasteiger partial charge < -0.3 is 5.11 Å². The van der Waals surface area contributed by atoms with Gasteiger partial charge in [-0.1, -0.05) is 6.92 Å². The predicted octanol–water partition coefficient (Wildman–Crippen LogP) is -0.0221. The molecule has 1 N–H and O–H groups in total. The lowest BCUT2D eigenvalue weighted by atomic mass is 10.3. The Kier molecular flexibility index (Phi) is 3.17. The summed E-state index contributed by atoms with van der Waals surface area (Å²) in [6.07, 6.45) is 1.07. The number of aliphatic carboxylic acids is 1. The molecule has 98 valence electrons. The zero-order valence-electron chi connectivity index (χ0n) is 10.0. The molecule has 0 amide bonds. The molecule has 1 aliphatic carbocycles. The van der Waals surface area contributed by atoms with Crippen molar-refractivity contribution in [2.75, 3.05) is 19.6 Å². The molecule has 3 unspecified atom stereocenters. The van der Waals surface area contributed by atoms with Crippen molar-refractivity contribution in [1.82, 2.24) is 8.61 Å². The zero-order chi connectivity index (χ0) is 12.8. The van der Waals surface area contributed by atoms with Crippen LogP contribution in [0.1, 0.15) is 20.3 Å². The fraction of sp³-hybridized carbons (Fsp3) is 0.900. The van der Waals surface area contributed by atoms with E-state index < -0.39 is 22.2 Å². The van der Waals surface area contributed by atoms with Gasteiger partial charge in [0, 0.05) is 19.6 Å². The number of nitrogens with zero attached hydrogens (tertiary/aromatic N) is 2. The van der Waals surface area contributed by atoms with Crippen LogP contribution < -0.4 is 0 Å². The maximum absolute atomic E-state index is 12.1. The zero-order valence-corrected chi connectivity index (χ0v) is 10.9. The molecule has 1 saturated heterocycles. The van der Waals surface area contributed by atoms with E-state index in [-0.39, 0.29) is 6.54 Å². The summed E-state index contributed by atoms with van der Waals surface area (Å²) >= 11 is 0. The highest BCUT2D eigenvalue weighted by Crippen LogP contribution is 2.39. The first kappa shape index (κ1) is 12.8. The van der Waals surface area contributed by atoms with Crippen molar-refractivity contribution in [1.29, 1.82) is 0 Å². The van der Waals surface area contributed by atoms with Gasteiger partial charge in [-0.25, -0.2) is 0 Å². The second kappa shape index (κ2) is 4.22. The molecule has 7 heteroatoms. The lowest BCUT2D eigenvalue weighted by molar-refractivity contribution is -0.140. The first-order valence-electron chi connectivity index (χ1n) is 5.83. The van der Waals surface area contributed by atoms with Crippen LogP contribution in [0.2, 0.25) is 0 Å². The molecule has 3 atom stereocenters. The summed E-state index contributed by atoms with van der Waals surface area (Å²) in [4.78, 5) is 10.8. The Morgan fingerprint density at radius 2 is 2.06 bits per heavy atom. The Bertz CT molecular complexity index is 422. The maximum atomic E-state index is 12.1. The lowest BCUT2D eigenvalue weighted by Crippen LogP contribution is -2.42. The highest BCUT2D eigenvalue weighted by molar-refractivity contribution is 7.87. The summed E-state index contributed by atoms with van der Waals surface area (Å²) in [5.74, 6) is -0.0591. The average molecular weight is 262 g/mol. The molecule has 2 fully saturated rings. The van der Waals surface area contributed by atoms with Gasteiger partial charge in [-0.3, -0.25) is 4.79 Å². The Labute approximate surface area is 101 Å². The molecule has 1 aliphatic heterocycles. The fourth-order valence-electron chi connectivity index (χ4n) is 2.21. The third kappa shape index (κ3) is 2.31. The molecule has 2 rings (SSSR count). The van der Waals surface area contributed by atoms with Crippen molar-refractivity contribution in [2.45, 2.75) is 26.3 Å². The number of hydrogen-bond acceptors (Lipinski definition) is 3. The minimum absolute atomic E-state index is 0.275. The fourth-order valence-corrected chi connectivity index (χ4v) is 4.00. The molecule has 17 heavy (non-hydrogen) atoms. The van der Waals surface area contributed by atoms with Crippen molar-refractivity contribution in [3.8, 4) is 0 Å². The van der Waals surface area contributed by atoms with Crippen molar-refractivity contribution < 1.29 is 18.3 Å². The summed E-state index contributed by atoms with van der Waals surface area (Å²) in [6, 6.07) is -0.985. The van der Waals surface area contributed by atoms with Crippen LogP contribution >= 0.6 is 0 Å². The van der Waals surface area contributed by atoms with Crippen LogP contribution in [0, 0.1) is 11.8 Å². The SMILES string of the molecule is CC1CC1CN1CCN(C(C)C(=O)O)S1(=O)=O. The molecule has 1 heterocycles. The third-order valence-electron chi connectivity index (χ3n) is 3.70. The van der Waals surface area contributed by atoms with Gasteiger partial charge in [0.1, 0.15) is 6.04 Å². The Hall–Kier alpha value is -0.660. The molecule has 0 spiro atoms. The monoisotopic (exact) mass is 262 g/mol. The van der Waals surface area contributed by atoms with E-state index in [1.165, 1.54) is 11.2 Å². The van der Waals surface area contributed by atoms with Gasteiger partial charge in [0.2, 0.25) is 0 Å². The lowest BCUT2D eigenvalue weighted by Gasteiger charge is -2.21. The average Bonchev–Trinajstić information content (AvgIpc) is 2.83. The Balaban J connectivity index is 2.06. The van der Waals surface area contributed by atoms with Crippen LogP contribution in [0.15, 0.2) is 0 Å². The van der Waals surface area contributed by atoms with E-state index in [4.69, 9.17) is 5.11 Å². The van der Waals surface area contributed by atoms with Gasteiger partial charge in [-0.15, -0.1) is 0 Å². The van der Waals surface area contributed by atoms with Gasteiger partial charge in [0.05, 0.1) is 0 Å². The number of rotatable bonds is 4. The van der Waals surface area contributed by atoms with E-state index in [9.17, 15) is 13.2 Å². The van der Waals surface area contributed by atoms with Gasteiger partial charge in [-0.05, 0) is 25.2 Å². The van der Waals surface area contributed by atoms with Crippen LogP contribution in [0.5, 0.6) is 0 Å². The second-order valence-electron chi connectivity index (χ2n) is 4.96.